The first-order valence-electron chi connectivity index (χ1n) is 6.30. The Bertz CT molecular complexity index is 554. The summed E-state index contributed by atoms with van der Waals surface area (Å²) in [6.45, 7) is 0.802. The Kier molecular flexibility index (Phi) is 3.09. The molecule has 1 aromatic carbocycles. The van der Waals surface area contributed by atoms with E-state index in [9.17, 15) is 5.11 Å². The van der Waals surface area contributed by atoms with Crippen molar-refractivity contribution in [2.24, 2.45) is 5.92 Å². The van der Waals surface area contributed by atoms with Gasteiger partial charge in [-0.25, -0.2) is 4.98 Å². The van der Waals surface area contributed by atoms with Crippen LogP contribution >= 0.6 is 11.3 Å². The molecule has 1 saturated carbocycles. The molecule has 4 N–H and O–H groups in total. The fourth-order valence-electron chi connectivity index (χ4n) is 2.49. The molecule has 1 aliphatic rings. The molecule has 2 aromatic rings. The Balaban J connectivity index is 1.71. The summed E-state index contributed by atoms with van der Waals surface area (Å²) in [6, 6.07) is 5.76. The van der Waals surface area contributed by atoms with E-state index >= 15 is 0 Å². The number of nitrogens with one attached hydrogen (secondary N) is 1. The van der Waals surface area contributed by atoms with Gasteiger partial charge in [0.05, 0.1) is 16.3 Å². The lowest BCUT2D eigenvalue weighted by Crippen LogP contribution is -2.21. The van der Waals surface area contributed by atoms with E-state index < -0.39 is 0 Å². The monoisotopic (exact) mass is 263 g/mol. The van der Waals surface area contributed by atoms with Crippen LogP contribution in [0.25, 0.3) is 10.2 Å². The normalized spacial score (nSPS) is 23.6. The van der Waals surface area contributed by atoms with Crippen LogP contribution in [0.5, 0.6) is 0 Å². The molecule has 2 unspecified atom stereocenters. The number of hydrogen-bond acceptors (Lipinski definition) is 5. The summed E-state index contributed by atoms with van der Waals surface area (Å²) in [6.07, 6.45) is 3.01. The number of nitrogen functional groups attached to an aromatic ring is 1. The lowest BCUT2D eigenvalue weighted by molar-refractivity contribution is 0.138. The van der Waals surface area contributed by atoms with Gasteiger partial charge in [-0.15, -0.1) is 0 Å². The van der Waals surface area contributed by atoms with Gasteiger partial charge in [-0.2, -0.15) is 0 Å². The average molecular weight is 263 g/mol. The highest BCUT2D eigenvalue weighted by Crippen LogP contribution is 2.29. The second kappa shape index (κ2) is 4.74. The van der Waals surface area contributed by atoms with Crippen molar-refractivity contribution in [1.82, 2.24) is 4.98 Å². The van der Waals surface area contributed by atoms with Gasteiger partial charge in [-0.05, 0) is 31.0 Å². The van der Waals surface area contributed by atoms with Crippen LogP contribution in [0.2, 0.25) is 0 Å². The van der Waals surface area contributed by atoms with Crippen LogP contribution in [-0.2, 0) is 0 Å². The molecule has 4 nitrogen and oxygen atoms in total. The van der Waals surface area contributed by atoms with Gasteiger partial charge >= 0.3 is 0 Å². The maximum absolute atomic E-state index is 9.77. The van der Waals surface area contributed by atoms with Gasteiger partial charge in [-0.1, -0.05) is 17.8 Å². The number of aliphatic hydroxyl groups excluding tert-OH is 1. The molecule has 18 heavy (non-hydrogen) atoms. The zero-order valence-electron chi connectivity index (χ0n) is 10.1. The maximum Gasteiger partial charge on any atom is 0.183 e. The Labute approximate surface area is 110 Å². The van der Waals surface area contributed by atoms with Crippen molar-refractivity contribution in [3.05, 3.63) is 18.2 Å². The topological polar surface area (TPSA) is 71.2 Å². The van der Waals surface area contributed by atoms with Crippen molar-refractivity contribution in [3.63, 3.8) is 0 Å². The highest BCUT2D eigenvalue weighted by Gasteiger charge is 2.24. The van der Waals surface area contributed by atoms with E-state index in [-0.39, 0.29) is 6.10 Å². The molecular weight excluding hydrogens is 246 g/mol. The lowest BCUT2D eigenvalue weighted by atomic mass is 10.1. The Hall–Kier alpha value is -1.33. The number of benzene rings is 1. The molecular formula is C13H17N3OS. The molecule has 2 atom stereocenters. The number of fused-ring (bicyclic) bond motifs is 1. The predicted molar refractivity (Wildman–Crippen MR) is 75.9 cm³/mol. The van der Waals surface area contributed by atoms with Crippen molar-refractivity contribution in [2.75, 3.05) is 17.6 Å². The second-order valence-corrected chi connectivity index (χ2v) is 5.92. The third-order valence-electron chi connectivity index (χ3n) is 3.55. The Morgan fingerprint density at radius 1 is 1.44 bits per heavy atom. The summed E-state index contributed by atoms with van der Waals surface area (Å²) in [5, 5.41) is 14.0. The van der Waals surface area contributed by atoms with Crippen LogP contribution in [0.4, 0.5) is 10.8 Å². The summed E-state index contributed by atoms with van der Waals surface area (Å²) >= 11 is 1.61. The molecule has 96 valence electrons. The van der Waals surface area contributed by atoms with E-state index in [0.717, 1.165) is 46.8 Å². The molecule has 0 aliphatic heterocycles. The highest BCUT2D eigenvalue weighted by molar-refractivity contribution is 7.22. The summed E-state index contributed by atoms with van der Waals surface area (Å²) in [7, 11) is 0. The number of anilines is 2. The number of rotatable bonds is 3. The average Bonchev–Trinajstić information content (AvgIpc) is 2.92. The van der Waals surface area contributed by atoms with E-state index in [4.69, 9.17) is 5.73 Å². The van der Waals surface area contributed by atoms with E-state index in [0.29, 0.717) is 5.92 Å². The van der Waals surface area contributed by atoms with Crippen molar-refractivity contribution in [3.8, 4) is 0 Å². The first-order valence-corrected chi connectivity index (χ1v) is 7.12. The van der Waals surface area contributed by atoms with Crippen molar-refractivity contribution >= 4 is 32.4 Å². The van der Waals surface area contributed by atoms with Crippen molar-refractivity contribution in [1.29, 1.82) is 0 Å². The summed E-state index contributed by atoms with van der Waals surface area (Å²) < 4.78 is 1.10. The number of hydrogen-bond donors (Lipinski definition) is 3. The minimum Gasteiger partial charge on any atom is -0.399 e. The second-order valence-electron chi connectivity index (χ2n) is 4.89. The van der Waals surface area contributed by atoms with Gasteiger partial charge in [0.25, 0.3) is 0 Å². The number of nitrogens with two attached hydrogens (primary N) is 1. The van der Waals surface area contributed by atoms with Gasteiger partial charge < -0.3 is 16.2 Å². The van der Waals surface area contributed by atoms with E-state index in [1.165, 1.54) is 0 Å². The zero-order chi connectivity index (χ0) is 12.5. The third-order valence-corrected chi connectivity index (χ3v) is 4.52. The molecule has 0 bridgehead atoms. The Morgan fingerprint density at radius 2 is 2.33 bits per heavy atom. The molecule has 1 aromatic heterocycles. The molecule has 1 fully saturated rings. The zero-order valence-corrected chi connectivity index (χ0v) is 10.9. The summed E-state index contributed by atoms with van der Waals surface area (Å²) in [4.78, 5) is 4.51. The van der Waals surface area contributed by atoms with E-state index in [1.807, 2.05) is 18.2 Å². The minimum atomic E-state index is -0.150. The quantitative estimate of drug-likeness (QED) is 0.744. The SMILES string of the molecule is Nc1ccc2nc(NCC3CCCC3O)sc2c1. The standard InChI is InChI=1S/C13H17N3OS/c14-9-4-5-10-12(6-9)18-13(16-10)15-7-8-2-1-3-11(8)17/h4-6,8,11,17H,1-3,7,14H2,(H,15,16). The van der Waals surface area contributed by atoms with Gasteiger partial charge in [0.15, 0.2) is 5.13 Å². The lowest BCUT2D eigenvalue weighted by Gasteiger charge is -2.14. The van der Waals surface area contributed by atoms with E-state index in [2.05, 4.69) is 10.3 Å². The number of aromatic nitrogens is 1. The van der Waals surface area contributed by atoms with Gasteiger partial charge in [0.2, 0.25) is 0 Å². The largest absolute Gasteiger partial charge is 0.399 e. The first kappa shape index (κ1) is 11.7. The molecule has 0 saturated heterocycles. The van der Waals surface area contributed by atoms with Crippen LogP contribution in [-0.4, -0.2) is 22.7 Å². The van der Waals surface area contributed by atoms with Crippen LogP contribution < -0.4 is 11.1 Å². The number of thiazole rings is 1. The fourth-order valence-corrected chi connectivity index (χ4v) is 3.41. The van der Waals surface area contributed by atoms with Crippen LogP contribution in [0.1, 0.15) is 19.3 Å². The highest BCUT2D eigenvalue weighted by atomic mass is 32.1. The summed E-state index contributed by atoms with van der Waals surface area (Å²) in [5.74, 6) is 0.363. The Morgan fingerprint density at radius 3 is 3.11 bits per heavy atom. The number of aliphatic hydroxyl groups is 1. The molecule has 3 rings (SSSR count). The molecule has 0 amide bonds. The summed E-state index contributed by atoms with van der Waals surface area (Å²) in [5.41, 5.74) is 7.49. The molecule has 0 radical (unpaired) electrons. The van der Waals surface area contributed by atoms with Crippen LogP contribution in [0, 0.1) is 5.92 Å². The predicted octanol–water partition coefficient (Wildman–Crippen LogP) is 2.45. The van der Waals surface area contributed by atoms with Gasteiger partial charge in [-0.3, -0.25) is 0 Å². The van der Waals surface area contributed by atoms with Crippen LogP contribution in [0.15, 0.2) is 18.2 Å². The van der Waals surface area contributed by atoms with E-state index in [1.54, 1.807) is 11.3 Å². The van der Waals surface area contributed by atoms with Gasteiger partial charge in [0, 0.05) is 18.2 Å². The first-order chi connectivity index (χ1) is 8.72. The van der Waals surface area contributed by atoms with Crippen molar-refractivity contribution < 1.29 is 5.11 Å². The smallest absolute Gasteiger partial charge is 0.183 e. The van der Waals surface area contributed by atoms with Crippen molar-refractivity contribution in [2.45, 2.75) is 25.4 Å². The molecule has 1 heterocycles. The minimum absolute atomic E-state index is 0.150. The molecule has 1 aliphatic carbocycles. The molecule has 5 heteroatoms. The molecule has 0 spiro atoms. The fraction of sp³-hybridized carbons (Fsp3) is 0.462. The van der Waals surface area contributed by atoms with Gasteiger partial charge in [0.1, 0.15) is 0 Å². The number of nitrogens with zero attached hydrogens (tertiary/aromatic N) is 1. The third kappa shape index (κ3) is 2.28. The maximum atomic E-state index is 9.77. The van der Waals surface area contributed by atoms with Crippen LogP contribution in [0.3, 0.4) is 0 Å².